The van der Waals surface area contributed by atoms with Gasteiger partial charge in [0.05, 0.1) is 18.2 Å². The minimum absolute atomic E-state index is 0.123. The maximum absolute atomic E-state index is 12.0. The molecule has 0 aliphatic carbocycles. The van der Waals surface area contributed by atoms with E-state index in [1.807, 2.05) is 17.0 Å². The fourth-order valence-corrected chi connectivity index (χ4v) is 2.01. The van der Waals surface area contributed by atoms with Crippen LogP contribution in [0.4, 0.5) is 5.69 Å². The van der Waals surface area contributed by atoms with Gasteiger partial charge in [-0.1, -0.05) is 0 Å². The highest BCUT2D eigenvalue weighted by molar-refractivity contribution is 5.81. The van der Waals surface area contributed by atoms with Gasteiger partial charge in [-0.05, 0) is 31.3 Å². The highest BCUT2D eigenvalue weighted by atomic mass is 16.2. The zero-order valence-corrected chi connectivity index (χ0v) is 11.1. The first-order valence-electron chi connectivity index (χ1n) is 6.39. The van der Waals surface area contributed by atoms with Crippen LogP contribution in [0.5, 0.6) is 0 Å². The smallest absolute Gasteiger partial charge is 0.241 e. The van der Waals surface area contributed by atoms with Crippen molar-refractivity contribution in [3.63, 3.8) is 0 Å². The van der Waals surface area contributed by atoms with Gasteiger partial charge in [0.25, 0.3) is 0 Å². The minimum Gasteiger partial charge on any atom is -0.376 e. The molecule has 5 nitrogen and oxygen atoms in total. The van der Waals surface area contributed by atoms with Gasteiger partial charge in [-0.3, -0.25) is 4.79 Å². The lowest BCUT2D eigenvalue weighted by Crippen LogP contribution is -2.48. The number of nitriles is 1. The molecule has 19 heavy (non-hydrogen) atoms. The molecule has 1 aliphatic heterocycles. The molecule has 1 N–H and O–H groups in total. The van der Waals surface area contributed by atoms with Crippen LogP contribution in [0, 0.1) is 11.3 Å². The molecule has 1 aliphatic rings. The number of nitrogens with zero attached hydrogens (tertiary/aromatic N) is 3. The van der Waals surface area contributed by atoms with E-state index in [0.29, 0.717) is 12.1 Å². The van der Waals surface area contributed by atoms with E-state index >= 15 is 0 Å². The summed E-state index contributed by atoms with van der Waals surface area (Å²) in [6.45, 7) is 3.76. The minimum atomic E-state index is 0.123. The quantitative estimate of drug-likeness (QED) is 0.869. The average Bonchev–Trinajstić information content (AvgIpc) is 2.46. The zero-order chi connectivity index (χ0) is 13.7. The molecule has 1 saturated heterocycles. The number of hydrogen-bond donors (Lipinski definition) is 1. The van der Waals surface area contributed by atoms with Gasteiger partial charge < -0.3 is 15.1 Å². The van der Waals surface area contributed by atoms with E-state index in [-0.39, 0.29) is 5.91 Å². The van der Waals surface area contributed by atoms with Crippen molar-refractivity contribution in [1.82, 2.24) is 9.80 Å². The summed E-state index contributed by atoms with van der Waals surface area (Å²) in [5.41, 5.74) is 1.48. The van der Waals surface area contributed by atoms with Gasteiger partial charge in [-0.2, -0.15) is 5.26 Å². The summed E-state index contributed by atoms with van der Waals surface area (Å²) in [4.78, 5) is 16.1. The summed E-state index contributed by atoms with van der Waals surface area (Å²) in [5, 5.41) is 11.8. The van der Waals surface area contributed by atoms with Crippen LogP contribution in [-0.4, -0.2) is 55.5 Å². The number of amides is 1. The molecule has 0 aromatic heterocycles. The molecular weight excluding hydrogens is 240 g/mol. The van der Waals surface area contributed by atoms with Crippen LogP contribution in [0.3, 0.4) is 0 Å². The van der Waals surface area contributed by atoms with Crippen LogP contribution in [0.2, 0.25) is 0 Å². The fraction of sp³-hybridized carbons (Fsp3) is 0.429. The van der Waals surface area contributed by atoms with E-state index in [4.69, 9.17) is 5.26 Å². The van der Waals surface area contributed by atoms with E-state index < -0.39 is 0 Å². The van der Waals surface area contributed by atoms with Crippen molar-refractivity contribution < 1.29 is 4.79 Å². The molecule has 0 bridgehead atoms. The van der Waals surface area contributed by atoms with Crippen LogP contribution in [0.25, 0.3) is 0 Å². The van der Waals surface area contributed by atoms with Crippen LogP contribution in [0.15, 0.2) is 24.3 Å². The summed E-state index contributed by atoms with van der Waals surface area (Å²) in [5.74, 6) is 0.123. The Hall–Kier alpha value is -2.06. The average molecular weight is 258 g/mol. The SMILES string of the molecule is CN1CCN(C(=O)CNc2ccc(C#N)cc2)CC1. The second kappa shape index (κ2) is 6.21. The molecule has 2 rings (SSSR count). The number of nitrogens with one attached hydrogen (secondary N) is 1. The van der Waals surface area contributed by atoms with E-state index in [1.54, 1.807) is 12.1 Å². The van der Waals surface area contributed by atoms with Crippen molar-refractivity contribution in [3.8, 4) is 6.07 Å². The second-order valence-electron chi connectivity index (χ2n) is 4.73. The monoisotopic (exact) mass is 258 g/mol. The predicted molar refractivity (Wildman–Crippen MR) is 73.7 cm³/mol. The molecule has 0 atom stereocenters. The number of benzene rings is 1. The van der Waals surface area contributed by atoms with E-state index in [9.17, 15) is 4.79 Å². The second-order valence-corrected chi connectivity index (χ2v) is 4.73. The lowest BCUT2D eigenvalue weighted by molar-refractivity contribution is -0.130. The molecule has 5 heteroatoms. The van der Waals surface area contributed by atoms with Crippen molar-refractivity contribution >= 4 is 11.6 Å². The molecule has 1 amide bonds. The highest BCUT2D eigenvalue weighted by Crippen LogP contribution is 2.08. The van der Waals surface area contributed by atoms with Crippen LogP contribution in [0.1, 0.15) is 5.56 Å². The number of rotatable bonds is 3. The molecule has 0 radical (unpaired) electrons. The Morgan fingerprint density at radius 3 is 2.47 bits per heavy atom. The molecule has 100 valence electrons. The van der Waals surface area contributed by atoms with Crippen molar-refractivity contribution in [2.45, 2.75) is 0 Å². The predicted octanol–water partition coefficient (Wildman–Crippen LogP) is 0.744. The summed E-state index contributed by atoms with van der Waals surface area (Å²) in [6.07, 6.45) is 0. The first kappa shape index (κ1) is 13.4. The number of carbonyl (C=O) groups excluding carboxylic acids is 1. The number of anilines is 1. The lowest BCUT2D eigenvalue weighted by Gasteiger charge is -2.32. The molecule has 0 spiro atoms. The molecule has 1 heterocycles. The van der Waals surface area contributed by atoms with Crippen LogP contribution < -0.4 is 5.32 Å². The number of piperazine rings is 1. The van der Waals surface area contributed by atoms with Gasteiger partial charge >= 0.3 is 0 Å². The Labute approximate surface area is 113 Å². The first-order chi connectivity index (χ1) is 9.19. The van der Waals surface area contributed by atoms with Gasteiger partial charge in [-0.15, -0.1) is 0 Å². The third-order valence-electron chi connectivity index (χ3n) is 3.31. The van der Waals surface area contributed by atoms with Crippen molar-refractivity contribution in [1.29, 1.82) is 5.26 Å². The largest absolute Gasteiger partial charge is 0.376 e. The first-order valence-corrected chi connectivity index (χ1v) is 6.39. The number of likely N-dealkylation sites (N-methyl/N-ethyl adjacent to an activating group) is 1. The van der Waals surface area contributed by atoms with Gasteiger partial charge in [0.2, 0.25) is 5.91 Å². The maximum atomic E-state index is 12.0. The summed E-state index contributed by atoms with van der Waals surface area (Å²) >= 11 is 0. The Morgan fingerprint density at radius 1 is 1.26 bits per heavy atom. The van der Waals surface area contributed by atoms with Gasteiger partial charge in [0, 0.05) is 31.9 Å². The zero-order valence-electron chi connectivity index (χ0n) is 11.1. The summed E-state index contributed by atoms with van der Waals surface area (Å²) in [6, 6.07) is 9.18. The molecule has 1 aromatic carbocycles. The Morgan fingerprint density at radius 2 is 1.89 bits per heavy atom. The summed E-state index contributed by atoms with van der Waals surface area (Å²) < 4.78 is 0. The van der Waals surface area contributed by atoms with Gasteiger partial charge in [0.1, 0.15) is 0 Å². The Balaban J connectivity index is 1.81. The third kappa shape index (κ3) is 3.70. The number of carbonyl (C=O) groups is 1. The highest BCUT2D eigenvalue weighted by Gasteiger charge is 2.18. The Kier molecular flexibility index (Phi) is 4.37. The van der Waals surface area contributed by atoms with E-state index in [2.05, 4.69) is 23.3 Å². The maximum Gasteiger partial charge on any atom is 0.241 e. The molecule has 1 aromatic rings. The molecular formula is C14H18N4O. The van der Waals surface area contributed by atoms with Crippen LogP contribution >= 0.6 is 0 Å². The lowest BCUT2D eigenvalue weighted by atomic mass is 10.2. The van der Waals surface area contributed by atoms with Gasteiger partial charge in [0.15, 0.2) is 0 Å². The standard InChI is InChI=1S/C14H18N4O/c1-17-6-8-18(9-7-17)14(19)11-16-13-4-2-12(10-15)3-5-13/h2-5,16H,6-9,11H2,1H3. The normalized spacial score (nSPS) is 15.9. The molecule has 0 saturated carbocycles. The number of hydrogen-bond acceptors (Lipinski definition) is 4. The van der Waals surface area contributed by atoms with Gasteiger partial charge in [-0.25, -0.2) is 0 Å². The van der Waals surface area contributed by atoms with E-state index in [1.165, 1.54) is 0 Å². The van der Waals surface area contributed by atoms with E-state index in [0.717, 1.165) is 31.9 Å². The van der Waals surface area contributed by atoms with Crippen LogP contribution in [-0.2, 0) is 4.79 Å². The third-order valence-corrected chi connectivity index (χ3v) is 3.31. The van der Waals surface area contributed by atoms with Crippen molar-refractivity contribution in [2.24, 2.45) is 0 Å². The Bertz CT molecular complexity index is 469. The topological polar surface area (TPSA) is 59.4 Å². The fourth-order valence-electron chi connectivity index (χ4n) is 2.01. The molecule has 0 unspecified atom stereocenters. The molecule has 1 fully saturated rings. The van der Waals surface area contributed by atoms with Crippen molar-refractivity contribution in [3.05, 3.63) is 29.8 Å². The van der Waals surface area contributed by atoms with Crippen molar-refractivity contribution in [2.75, 3.05) is 45.1 Å². The summed E-state index contributed by atoms with van der Waals surface area (Å²) in [7, 11) is 2.07.